The van der Waals surface area contributed by atoms with Crippen molar-refractivity contribution in [1.82, 2.24) is 24.9 Å². The first-order valence-corrected chi connectivity index (χ1v) is 11.4. The molecular formula is C24H30N9O3+. The molecule has 3 amide bonds. The number of nitrogens with one attached hydrogen (secondary N) is 3. The average Bonchev–Trinajstić information content (AvgIpc) is 3.18. The van der Waals surface area contributed by atoms with E-state index in [4.69, 9.17) is 4.74 Å². The molecular weight excluding hydrogens is 462 g/mol. The van der Waals surface area contributed by atoms with Gasteiger partial charge < -0.3 is 20.3 Å². The largest absolute Gasteiger partial charge is 0.497 e. The zero-order valence-electron chi connectivity index (χ0n) is 20.5. The van der Waals surface area contributed by atoms with Crippen LogP contribution >= 0.6 is 0 Å². The second-order valence-electron chi connectivity index (χ2n) is 8.56. The lowest BCUT2D eigenvalue weighted by Gasteiger charge is -2.15. The molecule has 12 nitrogen and oxygen atoms in total. The second kappa shape index (κ2) is 11.4. The quantitative estimate of drug-likeness (QED) is 0.287. The number of nitrogens with zero attached hydrogens (tertiary/aromatic N) is 5. The van der Waals surface area contributed by atoms with E-state index in [1.54, 1.807) is 7.11 Å². The minimum absolute atomic E-state index is 0.0822. The molecule has 4 rings (SSSR count). The van der Waals surface area contributed by atoms with Gasteiger partial charge in [-0.05, 0) is 42.9 Å². The summed E-state index contributed by atoms with van der Waals surface area (Å²) >= 11 is 0. The van der Waals surface area contributed by atoms with Crippen molar-refractivity contribution >= 4 is 29.8 Å². The van der Waals surface area contributed by atoms with Gasteiger partial charge in [-0.3, -0.25) is 5.43 Å². The molecule has 2 aromatic carbocycles. The van der Waals surface area contributed by atoms with Crippen LogP contribution in [0.1, 0.15) is 16.7 Å². The van der Waals surface area contributed by atoms with E-state index in [0.29, 0.717) is 25.0 Å². The minimum Gasteiger partial charge on any atom is -0.497 e. The number of nitrogens with two attached hydrogens (primary N) is 1. The van der Waals surface area contributed by atoms with Crippen molar-refractivity contribution in [2.24, 2.45) is 0 Å². The fourth-order valence-electron chi connectivity index (χ4n) is 3.53. The van der Waals surface area contributed by atoms with Crippen molar-refractivity contribution in [1.29, 1.82) is 0 Å². The van der Waals surface area contributed by atoms with Crippen molar-refractivity contribution in [2.45, 2.75) is 19.6 Å². The summed E-state index contributed by atoms with van der Waals surface area (Å²) in [5.41, 5.74) is 6.10. The molecule has 36 heavy (non-hydrogen) atoms. The van der Waals surface area contributed by atoms with Crippen LogP contribution in [0, 0.1) is 0 Å². The Morgan fingerprint density at radius 1 is 0.861 bits per heavy atom. The van der Waals surface area contributed by atoms with Gasteiger partial charge in [0.25, 0.3) is 0 Å². The van der Waals surface area contributed by atoms with Gasteiger partial charge in [-0.2, -0.15) is 25.3 Å². The number of hydrogen-bond donors (Lipinski definition) is 4. The first-order valence-electron chi connectivity index (χ1n) is 11.4. The molecule has 0 unspecified atom stereocenters. The Balaban J connectivity index is 1.47. The Hall–Kier alpha value is -4.29. The predicted molar refractivity (Wildman–Crippen MR) is 134 cm³/mol. The average molecular weight is 493 g/mol. The zero-order chi connectivity index (χ0) is 25.5. The Labute approximate surface area is 209 Å². The highest BCUT2D eigenvalue weighted by molar-refractivity contribution is 5.87. The maximum atomic E-state index is 12.0. The molecule has 0 radical (unpaired) electrons. The lowest BCUT2D eigenvalue weighted by Crippen LogP contribution is -2.88. The lowest BCUT2D eigenvalue weighted by atomic mass is 10.1. The molecule has 5 N–H and O–H groups in total. The Morgan fingerprint density at radius 2 is 1.39 bits per heavy atom. The molecule has 1 aliphatic rings. The normalized spacial score (nSPS) is 13.3. The van der Waals surface area contributed by atoms with Gasteiger partial charge in [0.05, 0.1) is 7.11 Å². The number of hydrazine groups is 1. The number of imide groups is 1. The van der Waals surface area contributed by atoms with Gasteiger partial charge in [-0.25, -0.2) is 9.59 Å². The van der Waals surface area contributed by atoms with Crippen LogP contribution in [0.25, 0.3) is 0 Å². The fourth-order valence-corrected chi connectivity index (χ4v) is 3.53. The van der Waals surface area contributed by atoms with E-state index >= 15 is 0 Å². The zero-order valence-corrected chi connectivity index (χ0v) is 20.5. The van der Waals surface area contributed by atoms with Gasteiger partial charge in [0, 0.05) is 19.6 Å². The molecule has 0 spiro atoms. The number of rotatable bonds is 11. The predicted octanol–water partition coefficient (Wildman–Crippen LogP) is 1.02. The summed E-state index contributed by atoms with van der Waals surface area (Å²) in [5, 5.41) is 8.60. The molecule has 0 aliphatic carbocycles. The molecule has 3 aromatic rings. The van der Waals surface area contributed by atoms with E-state index < -0.39 is 6.03 Å². The third kappa shape index (κ3) is 6.87. The third-order valence-electron chi connectivity index (χ3n) is 5.32. The van der Waals surface area contributed by atoms with Crippen molar-refractivity contribution in [3.8, 4) is 5.75 Å². The molecule has 2 heterocycles. The maximum absolute atomic E-state index is 12.0. The van der Waals surface area contributed by atoms with E-state index in [1.165, 1.54) is 5.56 Å². The standard InChI is InChI=1S/C24H29N9O3/c1-32(2)14-18-6-4-16(5-7-18)12-25-21-28-22(26-13-17-8-10-19(36-3)11-9-17)30-23(29-21)31-33-15-20(34)27-24(33)35/h4-11H,12-15H2,1-3H3,(H,27,34,35)(H3,25,26,28,29,30,31)/p+1. The number of hydrogen-bond acceptors (Lipinski definition) is 10. The summed E-state index contributed by atoms with van der Waals surface area (Å²) < 4.78 is 5.20. The van der Waals surface area contributed by atoms with Crippen LogP contribution in [0.15, 0.2) is 48.5 Å². The summed E-state index contributed by atoms with van der Waals surface area (Å²) in [4.78, 5) is 38.9. The van der Waals surface area contributed by atoms with Crippen LogP contribution in [0.5, 0.6) is 5.75 Å². The number of ether oxygens (including phenoxy) is 1. The molecule has 0 saturated carbocycles. The smallest absolute Gasteiger partial charge is 0.442 e. The van der Waals surface area contributed by atoms with Gasteiger partial charge in [-0.15, -0.1) is 0 Å². The minimum atomic E-state index is -0.444. The maximum Gasteiger partial charge on any atom is 0.442 e. The molecule has 1 aromatic heterocycles. The highest BCUT2D eigenvalue weighted by Crippen LogP contribution is 2.15. The Kier molecular flexibility index (Phi) is 7.88. The topological polar surface area (TPSA) is 141 Å². The van der Waals surface area contributed by atoms with Crippen LogP contribution in [-0.4, -0.2) is 64.5 Å². The van der Waals surface area contributed by atoms with Crippen LogP contribution < -0.4 is 26.1 Å². The highest BCUT2D eigenvalue weighted by Gasteiger charge is 2.33. The summed E-state index contributed by atoms with van der Waals surface area (Å²) in [6.07, 6.45) is 0. The monoisotopic (exact) mass is 492 g/mol. The van der Waals surface area contributed by atoms with Crippen LogP contribution in [-0.2, 0) is 24.4 Å². The number of methoxy groups -OCH3 is 1. The summed E-state index contributed by atoms with van der Waals surface area (Å²) in [6, 6.07) is 15.5. The Bertz CT molecular complexity index is 1200. The van der Waals surface area contributed by atoms with Crippen LogP contribution in [0.2, 0.25) is 0 Å². The van der Waals surface area contributed by atoms with Crippen molar-refractivity contribution in [2.75, 3.05) is 43.8 Å². The summed E-state index contributed by atoms with van der Waals surface area (Å²) in [7, 11) is 5.69. The van der Waals surface area contributed by atoms with Gasteiger partial charge >= 0.3 is 11.9 Å². The van der Waals surface area contributed by atoms with E-state index in [0.717, 1.165) is 33.7 Å². The van der Waals surface area contributed by atoms with Crippen molar-refractivity contribution in [3.05, 3.63) is 65.2 Å². The second-order valence-corrected chi connectivity index (χ2v) is 8.56. The van der Waals surface area contributed by atoms with E-state index in [2.05, 4.69) is 60.2 Å². The molecule has 1 aliphatic heterocycles. The number of benzene rings is 2. The number of primary amides is 2. The summed E-state index contributed by atoms with van der Waals surface area (Å²) in [6.45, 7) is 1.75. The fraction of sp³-hybridized carbons (Fsp3) is 0.292. The lowest BCUT2D eigenvalue weighted by molar-refractivity contribution is -0.461. The number of quaternary nitrogens is 1. The van der Waals surface area contributed by atoms with Gasteiger partial charge in [0.1, 0.15) is 5.75 Å². The van der Waals surface area contributed by atoms with Crippen LogP contribution in [0.3, 0.4) is 0 Å². The van der Waals surface area contributed by atoms with Crippen molar-refractivity contribution < 1.29 is 19.6 Å². The molecule has 1 fully saturated rings. The number of carbonyl (C=O) groups is 2. The van der Waals surface area contributed by atoms with Gasteiger partial charge in [-0.1, -0.05) is 36.4 Å². The van der Waals surface area contributed by atoms with E-state index in [1.807, 2.05) is 38.4 Å². The number of carbonyl (C=O) groups excluding carboxylic acids is 2. The molecule has 0 bridgehead atoms. The first-order chi connectivity index (χ1) is 17.4. The number of urea groups is 1. The van der Waals surface area contributed by atoms with Crippen LogP contribution in [0.4, 0.5) is 22.6 Å². The number of aromatic nitrogens is 3. The van der Waals surface area contributed by atoms with E-state index in [-0.39, 0.29) is 18.4 Å². The third-order valence-corrected chi connectivity index (χ3v) is 5.32. The Morgan fingerprint density at radius 3 is 1.89 bits per heavy atom. The molecule has 0 atom stereocenters. The van der Waals surface area contributed by atoms with Gasteiger partial charge in [0.2, 0.25) is 17.8 Å². The van der Waals surface area contributed by atoms with E-state index in [9.17, 15) is 9.59 Å². The number of anilines is 3. The molecule has 188 valence electrons. The van der Waals surface area contributed by atoms with Gasteiger partial charge in [0.15, 0.2) is 6.54 Å². The number of amides is 3. The first kappa shape index (κ1) is 24.8. The summed E-state index contributed by atoms with van der Waals surface area (Å²) in [5.74, 6) is 1.27. The molecule has 1 saturated heterocycles. The molecule has 12 heteroatoms. The van der Waals surface area contributed by atoms with Crippen molar-refractivity contribution in [3.63, 3.8) is 0 Å². The SMILES string of the molecule is COc1ccc(CNc2nc(NCc3ccc(CN(C)C)cc3)nc(NN3CC(=O)[NH2+]C3=O)n2)cc1. The highest BCUT2D eigenvalue weighted by atomic mass is 16.5.